The lowest BCUT2D eigenvalue weighted by Crippen LogP contribution is -2.58. The van der Waals surface area contributed by atoms with Crippen molar-refractivity contribution in [2.75, 3.05) is 13.7 Å². The molecule has 0 rings (SSSR count). The number of likely N-dealkylation sites (N-methyl/N-ethyl adjacent to an activating group) is 1. The van der Waals surface area contributed by atoms with Crippen molar-refractivity contribution in [1.82, 2.24) is 5.32 Å². The van der Waals surface area contributed by atoms with E-state index in [-0.39, 0.29) is 29.5 Å². The Bertz CT molecular complexity index is 550. The first-order valence-corrected chi connectivity index (χ1v) is 15.8. The van der Waals surface area contributed by atoms with Gasteiger partial charge in [0.1, 0.15) is 0 Å². The second-order valence-electron chi connectivity index (χ2n) is 9.25. The van der Waals surface area contributed by atoms with Crippen LogP contribution in [0.2, 0.25) is 37.8 Å². The Balaban J connectivity index is 5.90. The molecule has 1 N–H and O–H groups in total. The van der Waals surface area contributed by atoms with Crippen molar-refractivity contribution in [1.29, 1.82) is 0 Å². The molecule has 7 nitrogen and oxygen atoms in total. The van der Waals surface area contributed by atoms with E-state index in [1.807, 2.05) is 26.6 Å². The molecule has 0 aliphatic carbocycles. The Hall–Kier alpha value is -0.836. The second-order valence-corrected chi connectivity index (χ2v) is 18.5. The van der Waals surface area contributed by atoms with E-state index in [4.69, 9.17) is 13.6 Å². The van der Waals surface area contributed by atoms with Crippen LogP contribution in [0.5, 0.6) is 0 Å². The standard InChI is InChI=1S/C18H39N3O4Si2/c1-12-23-17(22)15(21-19)16(25-26(7,8)9)14(20-6)13(2)24-27(10,11)18(3,4)5/h13-14,16,20H,12H2,1-11H3/t13?,14-,16?/m0/s1. The quantitative estimate of drug-likeness (QED) is 0.193. The van der Waals surface area contributed by atoms with Crippen molar-refractivity contribution in [3.8, 4) is 0 Å². The third-order valence-corrected chi connectivity index (χ3v) is 10.3. The lowest BCUT2D eigenvalue weighted by Gasteiger charge is -2.41. The molecule has 0 spiro atoms. The van der Waals surface area contributed by atoms with Gasteiger partial charge in [-0.3, -0.25) is 0 Å². The molecule has 3 atom stereocenters. The van der Waals surface area contributed by atoms with Gasteiger partial charge in [0.25, 0.3) is 0 Å². The molecule has 27 heavy (non-hydrogen) atoms. The van der Waals surface area contributed by atoms with E-state index in [0.29, 0.717) is 0 Å². The predicted octanol–water partition coefficient (Wildman–Crippen LogP) is 3.44. The van der Waals surface area contributed by atoms with Crippen molar-refractivity contribution in [3.05, 3.63) is 5.53 Å². The summed E-state index contributed by atoms with van der Waals surface area (Å²) in [5.74, 6) is -0.678. The van der Waals surface area contributed by atoms with Gasteiger partial charge in [-0.1, -0.05) is 20.8 Å². The summed E-state index contributed by atoms with van der Waals surface area (Å²) in [4.78, 5) is 15.6. The van der Waals surface area contributed by atoms with Crippen LogP contribution in [0.4, 0.5) is 0 Å². The topological polar surface area (TPSA) is 93.2 Å². The lowest BCUT2D eigenvalue weighted by molar-refractivity contribution is -0.141. The summed E-state index contributed by atoms with van der Waals surface area (Å²) in [6.07, 6.45) is -1.03. The zero-order valence-corrected chi connectivity index (χ0v) is 21.0. The molecule has 0 aliphatic rings. The number of hydrogen-bond acceptors (Lipinski definition) is 5. The van der Waals surface area contributed by atoms with Gasteiger partial charge in [0.05, 0.1) is 18.8 Å². The zero-order chi connectivity index (χ0) is 21.6. The summed E-state index contributed by atoms with van der Waals surface area (Å²) < 4.78 is 17.8. The van der Waals surface area contributed by atoms with Gasteiger partial charge >= 0.3 is 11.7 Å². The number of hydrogen-bond donors (Lipinski definition) is 1. The fourth-order valence-electron chi connectivity index (χ4n) is 2.45. The number of carbonyl (C=O) groups is 1. The van der Waals surface area contributed by atoms with E-state index in [2.05, 4.69) is 44.0 Å². The summed E-state index contributed by atoms with van der Waals surface area (Å²) in [5, 5.41) is 3.25. The Morgan fingerprint density at radius 2 is 1.67 bits per heavy atom. The molecule has 0 heterocycles. The fourth-order valence-corrected chi connectivity index (χ4v) is 4.90. The Kier molecular flexibility index (Phi) is 9.78. The van der Waals surface area contributed by atoms with Crippen molar-refractivity contribution in [2.45, 2.75) is 90.6 Å². The van der Waals surface area contributed by atoms with Crippen LogP contribution in [-0.2, 0) is 18.4 Å². The first kappa shape index (κ1) is 26.2. The van der Waals surface area contributed by atoms with Gasteiger partial charge in [-0.05, 0) is 58.7 Å². The molecule has 9 heteroatoms. The van der Waals surface area contributed by atoms with Crippen molar-refractivity contribution in [3.63, 3.8) is 0 Å². The third kappa shape index (κ3) is 7.97. The Labute approximate surface area is 167 Å². The Morgan fingerprint density at radius 3 is 2.00 bits per heavy atom. The molecule has 0 fully saturated rings. The minimum absolute atomic E-state index is 0.0454. The van der Waals surface area contributed by atoms with Crippen LogP contribution < -0.4 is 5.32 Å². The molecule has 2 unspecified atom stereocenters. The molecule has 0 bridgehead atoms. The third-order valence-electron chi connectivity index (χ3n) is 4.79. The Morgan fingerprint density at radius 1 is 1.15 bits per heavy atom. The van der Waals surface area contributed by atoms with E-state index in [9.17, 15) is 10.3 Å². The van der Waals surface area contributed by atoms with Gasteiger partial charge in [0, 0.05) is 0 Å². The van der Waals surface area contributed by atoms with Crippen LogP contribution in [0.1, 0.15) is 34.6 Å². The average Bonchev–Trinajstić information content (AvgIpc) is 2.45. The molecule has 0 radical (unpaired) electrons. The van der Waals surface area contributed by atoms with Gasteiger partial charge in [-0.2, -0.15) is 4.79 Å². The monoisotopic (exact) mass is 417 g/mol. The first-order valence-electron chi connectivity index (χ1n) is 9.53. The second kappa shape index (κ2) is 10.1. The van der Waals surface area contributed by atoms with Gasteiger partial charge < -0.3 is 24.4 Å². The van der Waals surface area contributed by atoms with Gasteiger partial charge in [0.15, 0.2) is 22.7 Å². The summed E-state index contributed by atoms with van der Waals surface area (Å²) in [6.45, 7) is 20.8. The smallest absolute Gasteiger partial charge is 0.419 e. The van der Waals surface area contributed by atoms with Crippen LogP contribution in [-0.4, -0.2) is 65.0 Å². The number of esters is 1. The highest BCUT2D eigenvalue weighted by molar-refractivity contribution is 6.74. The average molecular weight is 418 g/mol. The van der Waals surface area contributed by atoms with Crippen LogP contribution in [0.25, 0.3) is 5.53 Å². The number of ether oxygens (including phenoxy) is 1. The summed E-state index contributed by atoms with van der Waals surface area (Å²) in [7, 11) is -2.33. The van der Waals surface area contributed by atoms with Crippen LogP contribution in [0.3, 0.4) is 0 Å². The number of rotatable bonds is 10. The number of nitrogens with zero attached hydrogens (tertiary/aromatic N) is 2. The minimum atomic E-state index is -2.07. The van der Waals surface area contributed by atoms with E-state index >= 15 is 0 Å². The lowest BCUT2D eigenvalue weighted by atomic mass is 10.0. The highest BCUT2D eigenvalue weighted by Gasteiger charge is 2.46. The predicted molar refractivity (Wildman–Crippen MR) is 114 cm³/mol. The highest BCUT2D eigenvalue weighted by atomic mass is 28.4. The molecule has 0 saturated carbocycles. The maximum atomic E-state index is 12.4. The van der Waals surface area contributed by atoms with Crippen LogP contribution >= 0.6 is 0 Å². The first-order chi connectivity index (χ1) is 12.1. The van der Waals surface area contributed by atoms with Gasteiger partial charge in [-0.25, -0.2) is 4.79 Å². The highest BCUT2D eigenvalue weighted by Crippen LogP contribution is 2.37. The molecule has 0 aliphatic heterocycles. The van der Waals surface area contributed by atoms with E-state index in [1.165, 1.54) is 0 Å². The van der Waals surface area contributed by atoms with Gasteiger partial charge in [0.2, 0.25) is 0 Å². The molecule has 0 saturated heterocycles. The van der Waals surface area contributed by atoms with E-state index < -0.39 is 28.7 Å². The molecular formula is C18H39N3O4Si2. The van der Waals surface area contributed by atoms with Gasteiger partial charge in [-0.15, -0.1) is 0 Å². The van der Waals surface area contributed by atoms with Crippen molar-refractivity contribution < 1.29 is 23.2 Å². The van der Waals surface area contributed by atoms with Crippen molar-refractivity contribution >= 4 is 28.3 Å². The fraction of sp³-hybridized carbons (Fsp3) is 0.889. The summed E-state index contributed by atoms with van der Waals surface area (Å²) in [5.41, 5.74) is 9.41. The molecule has 0 aromatic heterocycles. The van der Waals surface area contributed by atoms with Crippen LogP contribution in [0.15, 0.2) is 0 Å². The number of nitrogens with one attached hydrogen (secondary N) is 1. The summed E-state index contributed by atoms with van der Waals surface area (Å²) >= 11 is 0. The molecule has 0 aromatic carbocycles. The largest absolute Gasteiger partial charge is 0.457 e. The summed E-state index contributed by atoms with van der Waals surface area (Å²) in [6, 6.07) is -0.374. The SMILES string of the molecule is CCOC(=O)C(=[N+]=[N-])C(O[Si](C)(C)C)[C@@H](NC)C(C)O[Si](C)(C)C(C)(C)C. The van der Waals surface area contributed by atoms with Crippen molar-refractivity contribution in [2.24, 2.45) is 0 Å². The normalized spacial score (nSPS) is 16.3. The number of carbonyl (C=O) groups excluding carboxylic acids is 1. The maximum absolute atomic E-state index is 12.4. The molecule has 0 aromatic rings. The molecule has 158 valence electrons. The zero-order valence-electron chi connectivity index (χ0n) is 19.0. The van der Waals surface area contributed by atoms with Crippen LogP contribution in [0, 0.1) is 0 Å². The molecule has 0 amide bonds. The molecular weight excluding hydrogens is 378 g/mol. The van der Waals surface area contributed by atoms with E-state index in [0.717, 1.165) is 0 Å². The maximum Gasteiger partial charge on any atom is 0.419 e. The van der Waals surface area contributed by atoms with E-state index in [1.54, 1.807) is 14.0 Å². The minimum Gasteiger partial charge on any atom is -0.457 e.